The summed E-state index contributed by atoms with van der Waals surface area (Å²) in [5.41, 5.74) is 2.36. The maximum Gasteiger partial charge on any atom is 0.313 e. The molecule has 4 rings (SSSR count). The van der Waals surface area contributed by atoms with Gasteiger partial charge in [-0.2, -0.15) is 0 Å². The van der Waals surface area contributed by atoms with Gasteiger partial charge in [-0.05, 0) is 68.5 Å². The Labute approximate surface area is 203 Å². The summed E-state index contributed by atoms with van der Waals surface area (Å²) in [5.74, 6) is 0.498. The first-order valence-electron chi connectivity index (χ1n) is 12.6. The molecule has 6 heteroatoms. The van der Waals surface area contributed by atoms with E-state index < -0.39 is 0 Å². The first-order valence-corrected chi connectivity index (χ1v) is 12.6. The fourth-order valence-corrected chi connectivity index (χ4v) is 4.74. The third kappa shape index (κ3) is 7.29. The SMILES string of the molecule is CC(C)C(=O)Oc1cccc(C2CCCNC2CO)c1.OCC1CCCCN1c1ccccc1. The van der Waals surface area contributed by atoms with Crippen LogP contribution in [0.1, 0.15) is 57.4 Å². The smallest absolute Gasteiger partial charge is 0.313 e. The van der Waals surface area contributed by atoms with E-state index in [1.165, 1.54) is 18.5 Å². The van der Waals surface area contributed by atoms with Crippen LogP contribution in [0.15, 0.2) is 54.6 Å². The van der Waals surface area contributed by atoms with Gasteiger partial charge in [-0.1, -0.05) is 44.2 Å². The molecule has 2 aliphatic heterocycles. The zero-order valence-corrected chi connectivity index (χ0v) is 20.5. The summed E-state index contributed by atoms with van der Waals surface area (Å²) < 4.78 is 5.35. The molecule has 0 amide bonds. The van der Waals surface area contributed by atoms with Crippen molar-refractivity contribution >= 4 is 11.7 Å². The topological polar surface area (TPSA) is 82.0 Å². The molecule has 3 N–H and O–H groups in total. The van der Waals surface area contributed by atoms with Crippen LogP contribution < -0.4 is 15.0 Å². The van der Waals surface area contributed by atoms with E-state index in [1.807, 2.05) is 38.1 Å². The molecule has 0 aliphatic carbocycles. The Bertz CT molecular complexity index is 874. The van der Waals surface area contributed by atoms with Crippen molar-refractivity contribution in [2.75, 3.05) is 31.2 Å². The number of rotatable bonds is 6. The summed E-state index contributed by atoms with van der Waals surface area (Å²) in [6.07, 6.45) is 5.74. The number of anilines is 1. The number of carbonyl (C=O) groups is 1. The Morgan fingerprint density at radius 2 is 1.82 bits per heavy atom. The van der Waals surface area contributed by atoms with Gasteiger partial charge in [-0.3, -0.25) is 4.79 Å². The van der Waals surface area contributed by atoms with Gasteiger partial charge in [0.15, 0.2) is 0 Å². The fraction of sp³-hybridized carbons (Fsp3) is 0.536. The van der Waals surface area contributed by atoms with Crippen molar-refractivity contribution in [1.82, 2.24) is 5.32 Å². The molecule has 0 bridgehead atoms. The second-order valence-electron chi connectivity index (χ2n) is 9.50. The van der Waals surface area contributed by atoms with E-state index in [0.29, 0.717) is 11.8 Å². The van der Waals surface area contributed by atoms with Crippen LogP contribution in [0.3, 0.4) is 0 Å². The Hall–Kier alpha value is -2.41. The lowest BCUT2D eigenvalue weighted by Crippen LogP contribution is -2.42. The van der Waals surface area contributed by atoms with Crippen LogP contribution in [-0.4, -0.2) is 54.6 Å². The molecule has 0 radical (unpaired) electrons. The number of nitrogens with one attached hydrogen (secondary N) is 1. The molecule has 3 unspecified atom stereocenters. The van der Waals surface area contributed by atoms with E-state index in [-0.39, 0.29) is 37.1 Å². The lowest BCUT2D eigenvalue weighted by Gasteiger charge is -2.36. The Morgan fingerprint density at radius 1 is 1.03 bits per heavy atom. The maximum absolute atomic E-state index is 11.6. The molecule has 34 heavy (non-hydrogen) atoms. The minimum absolute atomic E-state index is 0.0831. The minimum atomic E-state index is -0.220. The van der Waals surface area contributed by atoms with Gasteiger partial charge in [0, 0.05) is 24.2 Å². The molecule has 186 valence electrons. The van der Waals surface area contributed by atoms with Crippen molar-refractivity contribution in [3.8, 4) is 5.75 Å². The fourth-order valence-electron chi connectivity index (χ4n) is 4.74. The van der Waals surface area contributed by atoms with Crippen LogP contribution in [0.5, 0.6) is 5.75 Å². The third-order valence-corrected chi connectivity index (χ3v) is 6.68. The van der Waals surface area contributed by atoms with Gasteiger partial charge in [0.2, 0.25) is 0 Å². The highest BCUT2D eigenvalue weighted by Crippen LogP contribution is 2.30. The van der Waals surface area contributed by atoms with Crippen LogP contribution in [0.2, 0.25) is 0 Å². The van der Waals surface area contributed by atoms with Gasteiger partial charge >= 0.3 is 5.97 Å². The standard InChI is InChI=1S/C16H23NO3.C12H17NO/c1-11(2)16(19)20-13-6-3-5-12(9-13)14-7-4-8-17-15(14)10-18;14-10-12-8-4-5-9-13(12)11-6-2-1-3-7-11/h3,5-6,9,11,14-15,17-18H,4,7-8,10H2,1-2H3;1-3,6-7,12,14H,4-5,8-10H2. The normalized spacial score (nSPS) is 22.6. The number of esters is 1. The number of ether oxygens (including phenoxy) is 1. The molecule has 2 aliphatic rings. The first-order chi connectivity index (χ1) is 16.5. The number of benzene rings is 2. The molecule has 2 saturated heterocycles. The molecule has 2 fully saturated rings. The highest BCUT2D eigenvalue weighted by Gasteiger charge is 2.26. The molecule has 2 aromatic rings. The van der Waals surface area contributed by atoms with Crippen molar-refractivity contribution < 1.29 is 19.7 Å². The highest BCUT2D eigenvalue weighted by atomic mass is 16.5. The van der Waals surface area contributed by atoms with E-state index in [0.717, 1.165) is 37.9 Å². The third-order valence-electron chi connectivity index (χ3n) is 6.68. The second-order valence-corrected chi connectivity index (χ2v) is 9.50. The van der Waals surface area contributed by atoms with E-state index in [2.05, 4.69) is 34.5 Å². The Kier molecular flexibility index (Phi) is 10.4. The minimum Gasteiger partial charge on any atom is -0.426 e. The molecule has 2 aromatic carbocycles. The number of hydrogen-bond donors (Lipinski definition) is 3. The zero-order valence-electron chi connectivity index (χ0n) is 20.5. The van der Waals surface area contributed by atoms with Gasteiger partial charge in [-0.25, -0.2) is 0 Å². The summed E-state index contributed by atoms with van der Waals surface area (Å²) in [7, 11) is 0. The molecule has 3 atom stereocenters. The number of aliphatic hydroxyl groups is 2. The van der Waals surface area contributed by atoms with Crippen LogP contribution >= 0.6 is 0 Å². The van der Waals surface area contributed by atoms with Crippen LogP contribution in [0.4, 0.5) is 5.69 Å². The van der Waals surface area contributed by atoms with E-state index >= 15 is 0 Å². The molecule has 2 heterocycles. The number of nitrogens with zero attached hydrogens (tertiary/aromatic N) is 1. The number of aliphatic hydroxyl groups excluding tert-OH is 2. The van der Waals surface area contributed by atoms with Gasteiger partial charge in [0.25, 0.3) is 0 Å². The zero-order chi connectivity index (χ0) is 24.3. The monoisotopic (exact) mass is 468 g/mol. The highest BCUT2D eigenvalue weighted by molar-refractivity contribution is 5.74. The van der Waals surface area contributed by atoms with Gasteiger partial charge < -0.3 is 25.2 Å². The second kappa shape index (κ2) is 13.5. The molecular weight excluding hydrogens is 428 g/mol. The van der Waals surface area contributed by atoms with E-state index in [9.17, 15) is 15.0 Å². The summed E-state index contributed by atoms with van der Waals surface area (Å²) in [6.45, 7) is 6.06. The lowest BCUT2D eigenvalue weighted by atomic mass is 9.85. The predicted molar refractivity (Wildman–Crippen MR) is 136 cm³/mol. The quantitative estimate of drug-likeness (QED) is 0.437. The Balaban J connectivity index is 0.000000202. The van der Waals surface area contributed by atoms with Crippen LogP contribution in [0, 0.1) is 5.92 Å². The summed E-state index contributed by atoms with van der Waals surface area (Å²) >= 11 is 0. The summed E-state index contributed by atoms with van der Waals surface area (Å²) in [4.78, 5) is 14.0. The van der Waals surface area contributed by atoms with Crippen LogP contribution in [-0.2, 0) is 4.79 Å². The number of piperidine rings is 2. The lowest BCUT2D eigenvalue weighted by molar-refractivity contribution is -0.137. The molecule has 0 aromatic heterocycles. The van der Waals surface area contributed by atoms with Gasteiger partial charge in [0.05, 0.1) is 25.2 Å². The van der Waals surface area contributed by atoms with E-state index in [4.69, 9.17) is 4.74 Å². The number of para-hydroxylation sites is 1. The first kappa shape index (κ1) is 26.2. The molecule has 0 spiro atoms. The molecular formula is C28H40N2O4. The van der Waals surface area contributed by atoms with Crippen molar-refractivity contribution in [1.29, 1.82) is 0 Å². The molecule has 0 saturated carbocycles. The average molecular weight is 469 g/mol. The summed E-state index contributed by atoms with van der Waals surface area (Å²) in [5, 5.41) is 22.1. The number of hydrogen-bond acceptors (Lipinski definition) is 6. The van der Waals surface area contributed by atoms with Crippen molar-refractivity contribution in [3.63, 3.8) is 0 Å². The van der Waals surface area contributed by atoms with Crippen molar-refractivity contribution in [3.05, 3.63) is 60.2 Å². The average Bonchev–Trinajstić information content (AvgIpc) is 2.89. The molecule has 6 nitrogen and oxygen atoms in total. The Morgan fingerprint density at radius 3 is 2.53 bits per heavy atom. The number of carbonyl (C=O) groups excluding carboxylic acids is 1. The van der Waals surface area contributed by atoms with Gasteiger partial charge in [0.1, 0.15) is 5.75 Å². The van der Waals surface area contributed by atoms with Crippen molar-refractivity contribution in [2.24, 2.45) is 5.92 Å². The maximum atomic E-state index is 11.6. The van der Waals surface area contributed by atoms with Crippen LogP contribution in [0.25, 0.3) is 0 Å². The van der Waals surface area contributed by atoms with E-state index in [1.54, 1.807) is 6.07 Å². The van der Waals surface area contributed by atoms with Crippen molar-refractivity contribution in [2.45, 2.75) is 64.0 Å². The predicted octanol–water partition coefficient (Wildman–Crippen LogP) is 4.11. The largest absolute Gasteiger partial charge is 0.426 e. The summed E-state index contributed by atoms with van der Waals surface area (Å²) in [6, 6.07) is 18.4. The van der Waals surface area contributed by atoms with Gasteiger partial charge in [-0.15, -0.1) is 0 Å².